The molecule has 2 aromatic carbocycles. The lowest BCUT2D eigenvalue weighted by molar-refractivity contribution is 0.0730. The summed E-state index contributed by atoms with van der Waals surface area (Å²) < 4.78 is 26.7. The standard InChI is InChI=1S/C23H30N2O3S/c1-3-24(4-2)29(27,28)22-16-13-20(14-17-22)23(26)25-18-8-11-21(25)15-12-19-9-6-5-7-10-19/h5-7,9-10,13-14,16-17,21H,3-4,8,11-12,15,18H2,1-2H3. The van der Waals surface area contributed by atoms with Crippen molar-refractivity contribution in [3.05, 3.63) is 65.7 Å². The fourth-order valence-corrected chi connectivity index (χ4v) is 5.49. The fourth-order valence-electron chi connectivity index (χ4n) is 4.03. The van der Waals surface area contributed by atoms with Crippen molar-refractivity contribution in [3.63, 3.8) is 0 Å². The molecule has 6 heteroatoms. The van der Waals surface area contributed by atoms with Crippen molar-refractivity contribution in [2.75, 3.05) is 19.6 Å². The Morgan fingerprint density at radius 3 is 2.31 bits per heavy atom. The van der Waals surface area contributed by atoms with Gasteiger partial charge in [-0.05, 0) is 55.5 Å². The Bertz CT molecular complexity index is 907. The van der Waals surface area contributed by atoms with Gasteiger partial charge < -0.3 is 4.90 Å². The van der Waals surface area contributed by atoms with Gasteiger partial charge in [0.1, 0.15) is 0 Å². The number of carbonyl (C=O) groups excluding carboxylic acids is 1. The highest BCUT2D eigenvalue weighted by molar-refractivity contribution is 7.89. The van der Waals surface area contributed by atoms with Crippen LogP contribution in [0.5, 0.6) is 0 Å². The molecule has 1 atom stereocenters. The quantitative estimate of drug-likeness (QED) is 0.657. The Kier molecular flexibility index (Phi) is 7.09. The molecule has 0 N–H and O–H groups in total. The van der Waals surface area contributed by atoms with Gasteiger partial charge in [-0.2, -0.15) is 4.31 Å². The third kappa shape index (κ3) is 4.87. The third-order valence-electron chi connectivity index (χ3n) is 5.69. The second-order valence-corrected chi connectivity index (χ2v) is 9.37. The van der Waals surface area contributed by atoms with Crippen LogP contribution in [0.4, 0.5) is 0 Å². The molecule has 0 spiro atoms. The zero-order chi connectivity index (χ0) is 20.9. The van der Waals surface area contributed by atoms with Gasteiger partial charge in [0.25, 0.3) is 5.91 Å². The Morgan fingerprint density at radius 2 is 1.69 bits per heavy atom. The first-order chi connectivity index (χ1) is 14.0. The second kappa shape index (κ2) is 9.55. The van der Waals surface area contributed by atoms with Gasteiger partial charge in [-0.3, -0.25) is 4.79 Å². The van der Waals surface area contributed by atoms with E-state index in [2.05, 4.69) is 12.1 Å². The van der Waals surface area contributed by atoms with E-state index in [4.69, 9.17) is 0 Å². The minimum Gasteiger partial charge on any atom is -0.336 e. The number of hydrogen-bond acceptors (Lipinski definition) is 3. The van der Waals surface area contributed by atoms with Crippen LogP contribution in [0.1, 0.15) is 49.0 Å². The first-order valence-corrected chi connectivity index (χ1v) is 11.9. The van der Waals surface area contributed by atoms with Gasteiger partial charge in [-0.25, -0.2) is 8.42 Å². The summed E-state index contributed by atoms with van der Waals surface area (Å²) in [5.74, 6) is -0.00708. The van der Waals surface area contributed by atoms with Crippen LogP contribution >= 0.6 is 0 Å². The SMILES string of the molecule is CCN(CC)S(=O)(=O)c1ccc(C(=O)N2CCCC2CCc2ccccc2)cc1. The van der Waals surface area contributed by atoms with Crippen LogP contribution in [-0.4, -0.2) is 49.2 Å². The molecule has 1 saturated heterocycles. The molecular formula is C23H30N2O3S. The normalized spacial score (nSPS) is 17.1. The zero-order valence-electron chi connectivity index (χ0n) is 17.3. The number of rotatable bonds is 8. The van der Waals surface area contributed by atoms with E-state index < -0.39 is 10.0 Å². The van der Waals surface area contributed by atoms with Crippen LogP contribution in [0.2, 0.25) is 0 Å². The summed E-state index contributed by atoms with van der Waals surface area (Å²) in [4.78, 5) is 15.2. The molecule has 1 heterocycles. The van der Waals surface area contributed by atoms with E-state index in [-0.39, 0.29) is 16.8 Å². The molecule has 0 aliphatic carbocycles. The number of nitrogens with zero attached hydrogens (tertiary/aromatic N) is 2. The van der Waals surface area contributed by atoms with Crippen molar-refractivity contribution in [2.24, 2.45) is 0 Å². The highest BCUT2D eigenvalue weighted by atomic mass is 32.2. The molecule has 3 rings (SSSR count). The molecule has 1 amide bonds. The highest BCUT2D eigenvalue weighted by Gasteiger charge is 2.29. The van der Waals surface area contributed by atoms with Crippen molar-refractivity contribution >= 4 is 15.9 Å². The predicted octanol–water partition coefficient (Wildman–Crippen LogP) is 3.95. The monoisotopic (exact) mass is 414 g/mol. The third-order valence-corrected chi connectivity index (χ3v) is 7.76. The van der Waals surface area contributed by atoms with Gasteiger partial charge in [-0.1, -0.05) is 44.2 Å². The summed E-state index contributed by atoms with van der Waals surface area (Å²) in [5, 5.41) is 0. The number of sulfonamides is 1. The maximum absolute atomic E-state index is 13.0. The fraction of sp³-hybridized carbons (Fsp3) is 0.435. The number of likely N-dealkylation sites (tertiary alicyclic amines) is 1. The van der Waals surface area contributed by atoms with Crippen LogP contribution in [0, 0.1) is 0 Å². The molecule has 1 aliphatic rings. The maximum Gasteiger partial charge on any atom is 0.254 e. The number of amides is 1. The zero-order valence-corrected chi connectivity index (χ0v) is 18.1. The van der Waals surface area contributed by atoms with Crippen LogP contribution in [0.3, 0.4) is 0 Å². The first-order valence-electron chi connectivity index (χ1n) is 10.4. The molecular weight excluding hydrogens is 384 g/mol. The van der Waals surface area contributed by atoms with Gasteiger partial charge >= 0.3 is 0 Å². The average Bonchev–Trinajstić information content (AvgIpc) is 3.22. The molecule has 5 nitrogen and oxygen atoms in total. The second-order valence-electron chi connectivity index (χ2n) is 7.43. The Balaban J connectivity index is 1.69. The van der Waals surface area contributed by atoms with Crippen LogP contribution < -0.4 is 0 Å². The largest absolute Gasteiger partial charge is 0.336 e. The van der Waals surface area contributed by atoms with Gasteiger partial charge in [0.2, 0.25) is 10.0 Å². The van der Waals surface area contributed by atoms with Gasteiger partial charge in [0.15, 0.2) is 0 Å². The summed E-state index contributed by atoms with van der Waals surface area (Å²) in [6.45, 7) is 5.26. The van der Waals surface area contributed by atoms with E-state index in [1.54, 1.807) is 24.3 Å². The molecule has 0 saturated carbocycles. The van der Waals surface area contributed by atoms with Crippen LogP contribution in [0.25, 0.3) is 0 Å². The summed E-state index contributed by atoms with van der Waals surface area (Å²) in [5.41, 5.74) is 1.84. The average molecular weight is 415 g/mol. The van der Waals surface area contributed by atoms with Crippen molar-refractivity contribution in [3.8, 4) is 0 Å². The Hall–Kier alpha value is -2.18. The number of hydrogen-bond donors (Lipinski definition) is 0. The van der Waals surface area contributed by atoms with Gasteiger partial charge in [0.05, 0.1) is 4.90 Å². The number of carbonyl (C=O) groups is 1. The summed E-state index contributed by atoms with van der Waals surface area (Å²) in [6.07, 6.45) is 3.94. The number of benzene rings is 2. The lowest BCUT2D eigenvalue weighted by atomic mass is 10.0. The van der Waals surface area contributed by atoms with E-state index in [1.165, 1.54) is 9.87 Å². The van der Waals surface area contributed by atoms with E-state index >= 15 is 0 Å². The summed E-state index contributed by atoms with van der Waals surface area (Å²) in [7, 11) is -3.50. The minimum absolute atomic E-state index is 0.00708. The van der Waals surface area contributed by atoms with Crippen molar-refractivity contribution < 1.29 is 13.2 Å². The van der Waals surface area contributed by atoms with E-state index in [9.17, 15) is 13.2 Å². The topological polar surface area (TPSA) is 57.7 Å². The lowest BCUT2D eigenvalue weighted by Crippen LogP contribution is -2.36. The number of aryl methyl sites for hydroxylation is 1. The minimum atomic E-state index is -3.50. The molecule has 29 heavy (non-hydrogen) atoms. The molecule has 0 bridgehead atoms. The molecule has 1 unspecified atom stereocenters. The highest BCUT2D eigenvalue weighted by Crippen LogP contribution is 2.25. The molecule has 1 aliphatic heterocycles. The maximum atomic E-state index is 13.0. The van der Waals surface area contributed by atoms with Gasteiger partial charge in [-0.15, -0.1) is 0 Å². The van der Waals surface area contributed by atoms with Crippen molar-refractivity contribution in [2.45, 2.75) is 50.5 Å². The van der Waals surface area contributed by atoms with Crippen LogP contribution in [0.15, 0.2) is 59.5 Å². The Labute approximate surface area is 174 Å². The predicted molar refractivity (Wildman–Crippen MR) is 115 cm³/mol. The first kappa shape index (κ1) is 21.5. The Morgan fingerprint density at radius 1 is 1.03 bits per heavy atom. The summed E-state index contributed by atoms with van der Waals surface area (Å²) >= 11 is 0. The molecule has 0 radical (unpaired) electrons. The van der Waals surface area contributed by atoms with Crippen molar-refractivity contribution in [1.82, 2.24) is 9.21 Å². The van der Waals surface area contributed by atoms with E-state index in [0.29, 0.717) is 18.7 Å². The molecule has 1 fully saturated rings. The van der Waals surface area contributed by atoms with Gasteiger partial charge in [0, 0.05) is 31.2 Å². The van der Waals surface area contributed by atoms with Crippen molar-refractivity contribution in [1.29, 1.82) is 0 Å². The van der Waals surface area contributed by atoms with E-state index in [1.807, 2.05) is 36.9 Å². The molecule has 0 aromatic heterocycles. The lowest BCUT2D eigenvalue weighted by Gasteiger charge is -2.25. The van der Waals surface area contributed by atoms with Crippen LogP contribution in [-0.2, 0) is 16.4 Å². The van der Waals surface area contributed by atoms with E-state index in [0.717, 1.165) is 32.2 Å². The molecule has 2 aromatic rings. The molecule has 156 valence electrons. The summed E-state index contributed by atoms with van der Waals surface area (Å²) in [6, 6.07) is 17.0. The smallest absolute Gasteiger partial charge is 0.254 e.